The fraction of sp³-hybridized carbons (Fsp3) is 0.611. The Hall–Kier alpha value is -2.39. The molecular formula is C18H23N3O6. The number of fused-ring (bicyclic) bond motifs is 4. The van der Waals surface area contributed by atoms with E-state index < -0.39 is 17.7 Å². The summed E-state index contributed by atoms with van der Waals surface area (Å²) in [7, 11) is 1.53. The number of ether oxygens (including phenoxy) is 3. The van der Waals surface area contributed by atoms with Gasteiger partial charge in [-0.15, -0.1) is 0 Å². The summed E-state index contributed by atoms with van der Waals surface area (Å²) in [5.41, 5.74) is 5.06. The average molecular weight is 377 g/mol. The van der Waals surface area contributed by atoms with E-state index in [-0.39, 0.29) is 53.3 Å². The summed E-state index contributed by atoms with van der Waals surface area (Å²) in [5.74, 6) is -1.22. The van der Waals surface area contributed by atoms with Gasteiger partial charge >= 0.3 is 6.09 Å². The number of nitrogens with one attached hydrogen (secondary N) is 1. The van der Waals surface area contributed by atoms with E-state index in [0.29, 0.717) is 12.2 Å². The summed E-state index contributed by atoms with van der Waals surface area (Å²) in [6.07, 6.45) is -1.21. The Morgan fingerprint density at radius 1 is 1.37 bits per heavy atom. The zero-order chi connectivity index (χ0) is 19.7. The van der Waals surface area contributed by atoms with Gasteiger partial charge in [0.25, 0.3) is 0 Å². The SMILES string of the molecule is CO[C@]12C3NC3CN1C1=C(C(=O)C(OC(C)C)=C(C)C1=O)[C@H]2COC(N)=O. The molecule has 9 heteroatoms. The van der Waals surface area contributed by atoms with Crippen LogP contribution in [-0.2, 0) is 23.8 Å². The number of hydrogen-bond acceptors (Lipinski definition) is 8. The Bertz CT molecular complexity index is 816. The van der Waals surface area contributed by atoms with Gasteiger partial charge in [-0.1, -0.05) is 0 Å². The van der Waals surface area contributed by atoms with Crippen LogP contribution in [0.15, 0.2) is 22.6 Å². The van der Waals surface area contributed by atoms with Crippen LogP contribution in [0.5, 0.6) is 0 Å². The molecule has 3 N–H and O–H groups in total. The summed E-state index contributed by atoms with van der Waals surface area (Å²) in [6.45, 7) is 5.56. The van der Waals surface area contributed by atoms with Crippen molar-refractivity contribution in [1.29, 1.82) is 0 Å². The van der Waals surface area contributed by atoms with Crippen LogP contribution in [0.2, 0.25) is 0 Å². The van der Waals surface area contributed by atoms with Gasteiger partial charge in [0.2, 0.25) is 11.6 Å². The van der Waals surface area contributed by atoms with E-state index in [0.717, 1.165) is 0 Å². The van der Waals surface area contributed by atoms with Crippen LogP contribution in [-0.4, -0.2) is 66.7 Å². The minimum absolute atomic E-state index is 0.0468. The van der Waals surface area contributed by atoms with E-state index in [1.54, 1.807) is 20.8 Å². The van der Waals surface area contributed by atoms with E-state index in [1.165, 1.54) is 7.11 Å². The molecule has 0 spiro atoms. The van der Waals surface area contributed by atoms with Gasteiger partial charge in [0.15, 0.2) is 11.5 Å². The zero-order valence-corrected chi connectivity index (χ0v) is 15.7. The minimum atomic E-state index is -0.969. The molecule has 3 heterocycles. The summed E-state index contributed by atoms with van der Waals surface area (Å²) in [4.78, 5) is 39.5. The lowest BCUT2D eigenvalue weighted by molar-refractivity contribution is -0.137. The lowest BCUT2D eigenvalue weighted by Gasteiger charge is -2.39. The molecule has 27 heavy (non-hydrogen) atoms. The molecule has 4 rings (SSSR count). The highest BCUT2D eigenvalue weighted by atomic mass is 16.6. The maximum absolute atomic E-state index is 13.3. The average Bonchev–Trinajstić information content (AvgIpc) is 3.21. The number of methoxy groups -OCH3 is 1. The number of nitrogens with two attached hydrogens (primary N) is 1. The van der Waals surface area contributed by atoms with E-state index in [9.17, 15) is 14.4 Å². The van der Waals surface area contributed by atoms with Gasteiger partial charge in [-0.25, -0.2) is 4.79 Å². The third-order valence-electron chi connectivity index (χ3n) is 5.73. The monoisotopic (exact) mass is 377 g/mol. The van der Waals surface area contributed by atoms with E-state index in [1.807, 2.05) is 4.90 Å². The molecule has 0 aromatic heterocycles. The molecule has 0 radical (unpaired) electrons. The van der Waals surface area contributed by atoms with Gasteiger partial charge in [0.1, 0.15) is 6.61 Å². The van der Waals surface area contributed by atoms with Crippen molar-refractivity contribution in [1.82, 2.24) is 10.2 Å². The first-order chi connectivity index (χ1) is 12.7. The van der Waals surface area contributed by atoms with Gasteiger partial charge in [-0.2, -0.15) is 0 Å². The van der Waals surface area contributed by atoms with Gasteiger partial charge in [0.05, 0.1) is 23.8 Å². The summed E-state index contributed by atoms with van der Waals surface area (Å²) < 4.78 is 16.6. The molecule has 2 fully saturated rings. The fourth-order valence-electron chi connectivity index (χ4n) is 4.65. The van der Waals surface area contributed by atoms with E-state index >= 15 is 0 Å². The number of ketones is 2. The predicted molar refractivity (Wildman–Crippen MR) is 92.1 cm³/mol. The molecule has 146 valence electrons. The topological polar surface area (TPSA) is 130 Å². The maximum atomic E-state index is 13.3. The fourth-order valence-corrected chi connectivity index (χ4v) is 4.65. The number of amides is 1. The van der Waals surface area contributed by atoms with Gasteiger partial charge < -0.3 is 30.2 Å². The number of carbonyl (C=O) groups excluding carboxylic acids is 3. The van der Waals surface area contributed by atoms with Crippen molar-refractivity contribution in [3.8, 4) is 0 Å². The summed E-state index contributed by atoms with van der Waals surface area (Å²) in [6, 6.07) is 0.0977. The van der Waals surface area contributed by atoms with Crippen molar-refractivity contribution in [2.45, 2.75) is 44.7 Å². The Balaban J connectivity index is 1.81. The molecule has 0 saturated carbocycles. The van der Waals surface area contributed by atoms with E-state index in [4.69, 9.17) is 19.9 Å². The largest absolute Gasteiger partial charge is 0.486 e. The number of carbonyl (C=O) groups is 3. The second-order valence-corrected chi connectivity index (χ2v) is 7.54. The van der Waals surface area contributed by atoms with Crippen molar-refractivity contribution in [2.24, 2.45) is 11.7 Å². The normalized spacial score (nSPS) is 34.1. The number of Topliss-reactive ketones (excluding diaryl/α,β-unsaturated/α-hetero) is 2. The highest BCUT2D eigenvalue weighted by Crippen LogP contribution is 2.55. The molecule has 0 aromatic carbocycles. The molecule has 0 bridgehead atoms. The van der Waals surface area contributed by atoms with Crippen LogP contribution >= 0.6 is 0 Å². The predicted octanol–water partition coefficient (Wildman–Crippen LogP) is -0.185. The van der Waals surface area contributed by atoms with Crippen LogP contribution in [0.25, 0.3) is 0 Å². The van der Waals surface area contributed by atoms with Crippen molar-refractivity contribution in [3.05, 3.63) is 22.6 Å². The Morgan fingerprint density at radius 3 is 2.67 bits per heavy atom. The zero-order valence-electron chi connectivity index (χ0n) is 15.7. The van der Waals surface area contributed by atoms with Crippen molar-refractivity contribution in [2.75, 3.05) is 20.3 Å². The molecule has 1 aliphatic carbocycles. The van der Waals surface area contributed by atoms with Crippen molar-refractivity contribution >= 4 is 17.7 Å². The molecule has 1 amide bonds. The molecule has 2 unspecified atom stereocenters. The van der Waals surface area contributed by atoms with Crippen LogP contribution in [0.3, 0.4) is 0 Å². The lowest BCUT2D eigenvalue weighted by atomic mass is 9.83. The number of rotatable bonds is 5. The lowest BCUT2D eigenvalue weighted by Crippen LogP contribution is -2.55. The van der Waals surface area contributed by atoms with Crippen LogP contribution in [0, 0.1) is 5.92 Å². The molecule has 9 nitrogen and oxygen atoms in total. The first kappa shape index (κ1) is 18.0. The first-order valence-corrected chi connectivity index (χ1v) is 8.96. The number of nitrogens with zero attached hydrogens (tertiary/aromatic N) is 1. The van der Waals surface area contributed by atoms with Gasteiger partial charge in [-0.05, 0) is 20.8 Å². The number of primary amides is 1. The van der Waals surface area contributed by atoms with Gasteiger partial charge in [0, 0.05) is 30.8 Å². The van der Waals surface area contributed by atoms with Crippen molar-refractivity contribution < 1.29 is 28.6 Å². The van der Waals surface area contributed by atoms with Crippen LogP contribution in [0.4, 0.5) is 4.79 Å². The van der Waals surface area contributed by atoms with Crippen LogP contribution < -0.4 is 11.1 Å². The highest BCUT2D eigenvalue weighted by molar-refractivity contribution is 6.25. The van der Waals surface area contributed by atoms with E-state index in [2.05, 4.69) is 5.32 Å². The molecular weight excluding hydrogens is 354 g/mol. The number of allylic oxidation sites excluding steroid dienone is 2. The standard InChI is InChI=1S/C18H23N3O6/c1-7(2)27-15-8(3)13(22)12-11(14(15)23)9(6-26-17(19)24)18(25-4)16-10(20-16)5-21(12)18/h7,9-10,16,20H,5-6H2,1-4H3,(H2,19,24)/t9-,10?,16?,18-/m1/s1. The highest BCUT2D eigenvalue weighted by Gasteiger charge is 2.72. The van der Waals surface area contributed by atoms with Crippen LogP contribution in [0.1, 0.15) is 20.8 Å². The maximum Gasteiger partial charge on any atom is 0.404 e. The summed E-state index contributed by atoms with van der Waals surface area (Å²) >= 11 is 0. The second-order valence-electron chi connectivity index (χ2n) is 7.54. The molecule has 3 aliphatic heterocycles. The van der Waals surface area contributed by atoms with Gasteiger partial charge in [-0.3, -0.25) is 9.59 Å². The Kier molecular flexibility index (Phi) is 3.87. The quantitative estimate of drug-likeness (QED) is 0.498. The smallest absolute Gasteiger partial charge is 0.404 e. The van der Waals surface area contributed by atoms with Crippen molar-refractivity contribution in [3.63, 3.8) is 0 Å². The number of hydrogen-bond donors (Lipinski definition) is 2. The molecule has 2 saturated heterocycles. The Labute approximate surface area is 156 Å². The molecule has 4 atom stereocenters. The molecule has 4 aliphatic rings. The first-order valence-electron chi connectivity index (χ1n) is 8.96. The summed E-state index contributed by atoms with van der Waals surface area (Å²) in [5, 5.41) is 3.31. The third-order valence-corrected chi connectivity index (χ3v) is 5.73. The molecule has 0 aromatic rings. The Morgan fingerprint density at radius 2 is 2.07 bits per heavy atom. The second kappa shape index (κ2) is 5.80. The minimum Gasteiger partial charge on any atom is -0.486 e. The number of piperazine rings is 1. The third kappa shape index (κ3) is 2.28.